The molecule has 40 heavy (non-hydrogen) atoms. The SMILES string of the molecule is CN(Cc1ccccc1)C(=O)c1ccc(N2C[C@H]3C[C@@H](C2)c2cccc(=O)n2C3)c(NC(=O)c2ccc(Br)o2)c1. The van der Waals surface area contributed by atoms with Gasteiger partial charge in [-0.05, 0) is 70.2 Å². The monoisotopic (exact) mass is 600 g/mol. The third-order valence-electron chi connectivity index (χ3n) is 7.72. The van der Waals surface area contributed by atoms with Crippen molar-refractivity contribution in [1.29, 1.82) is 0 Å². The molecule has 0 radical (unpaired) electrons. The van der Waals surface area contributed by atoms with Crippen molar-refractivity contribution in [3.63, 3.8) is 0 Å². The Morgan fingerprint density at radius 3 is 2.60 bits per heavy atom. The Morgan fingerprint density at radius 2 is 1.82 bits per heavy atom. The van der Waals surface area contributed by atoms with Crippen LogP contribution < -0.4 is 15.8 Å². The van der Waals surface area contributed by atoms with Crippen molar-refractivity contribution in [3.8, 4) is 0 Å². The molecule has 2 aromatic heterocycles. The number of rotatable bonds is 6. The number of aromatic nitrogens is 1. The Balaban J connectivity index is 1.31. The number of hydrogen-bond donors (Lipinski definition) is 1. The second-order valence-corrected chi connectivity index (χ2v) is 11.3. The van der Waals surface area contributed by atoms with Crippen molar-refractivity contribution in [2.24, 2.45) is 5.92 Å². The highest BCUT2D eigenvalue weighted by Gasteiger charge is 2.35. The number of furan rings is 1. The summed E-state index contributed by atoms with van der Waals surface area (Å²) in [6.45, 7) is 2.59. The van der Waals surface area contributed by atoms with Crippen LogP contribution in [0.15, 0.2) is 92.7 Å². The molecule has 1 N–H and O–H groups in total. The van der Waals surface area contributed by atoms with Gasteiger partial charge in [0.05, 0.1) is 11.4 Å². The van der Waals surface area contributed by atoms with Crippen molar-refractivity contribution in [3.05, 3.63) is 116 Å². The summed E-state index contributed by atoms with van der Waals surface area (Å²) < 4.78 is 7.84. The minimum absolute atomic E-state index is 0.0423. The van der Waals surface area contributed by atoms with Gasteiger partial charge >= 0.3 is 0 Å². The molecule has 0 spiro atoms. The number of piperidine rings is 1. The predicted molar refractivity (Wildman–Crippen MR) is 157 cm³/mol. The normalized spacial score (nSPS) is 17.7. The number of pyridine rings is 1. The van der Waals surface area contributed by atoms with Crippen LogP contribution in [0.2, 0.25) is 0 Å². The maximum atomic E-state index is 13.4. The Morgan fingerprint density at radius 1 is 1.00 bits per heavy atom. The standard InChI is InChI=1S/C31H29BrN4O4/c1-34(16-20-6-3-2-4-7-20)31(39)22-10-11-26(24(15-22)33-30(38)27-12-13-28(32)40-27)35-17-21-14-23(19-35)25-8-5-9-29(37)36(25)18-21/h2-13,15,21,23H,14,16-19H2,1H3,(H,33,38)/t21-,23+/m1/s1. The number of nitrogens with one attached hydrogen (secondary N) is 1. The molecule has 2 aliphatic rings. The van der Waals surface area contributed by atoms with Crippen molar-refractivity contribution in [1.82, 2.24) is 9.47 Å². The van der Waals surface area contributed by atoms with Crippen molar-refractivity contribution < 1.29 is 14.0 Å². The molecule has 2 aromatic carbocycles. The molecule has 1 fully saturated rings. The number of carbonyl (C=O) groups is 2. The van der Waals surface area contributed by atoms with E-state index < -0.39 is 5.91 Å². The highest BCUT2D eigenvalue weighted by molar-refractivity contribution is 9.10. The van der Waals surface area contributed by atoms with E-state index in [1.165, 1.54) is 0 Å². The quantitative estimate of drug-likeness (QED) is 0.322. The minimum Gasteiger partial charge on any atom is -0.444 e. The number of benzene rings is 2. The Hall–Kier alpha value is -4.11. The molecular formula is C31H29BrN4O4. The second kappa shape index (κ2) is 10.8. The minimum atomic E-state index is -0.400. The summed E-state index contributed by atoms with van der Waals surface area (Å²) in [5.41, 5.74) is 3.98. The molecule has 1 saturated heterocycles. The van der Waals surface area contributed by atoms with Gasteiger partial charge in [0, 0.05) is 56.5 Å². The van der Waals surface area contributed by atoms with Crippen molar-refractivity contribution in [2.75, 3.05) is 30.4 Å². The van der Waals surface area contributed by atoms with Crippen molar-refractivity contribution in [2.45, 2.75) is 25.4 Å². The fraction of sp³-hybridized carbons (Fsp3) is 0.258. The van der Waals surface area contributed by atoms with E-state index in [0.717, 1.165) is 29.9 Å². The van der Waals surface area contributed by atoms with Crippen LogP contribution in [0.3, 0.4) is 0 Å². The van der Waals surface area contributed by atoms with Gasteiger partial charge in [0.25, 0.3) is 17.4 Å². The fourth-order valence-corrected chi connectivity index (χ4v) is 6.21. The van der Waals surface area contributed by atoms with E-state index in [1.807, 2.05) is 59.2 Å². The smallest absolute Gasteiger partial charge is 0.291 e. The molecule has 2 bridgehead atoms. The van der Waals surface area contributed by atoms with Gasteiger partial charge in [0.1, 0.15) is 0 Å². The first-order chi connectivity index (χ1) is 19.4. The van der Waals surface area contributed by atoms with Crippen LogP contribution in [0.1, 0.15) is 44.5 Å². The van der Waals surface area contributed by atoms with E-state index in [4.69, 9.17) is 4.42 Å². The average Bonchev–Trinajstić information content (AvgIpc) is 3.40. The number of fused-ring (bicyclic) bond motifs is 4. The maximum Gasteiger partial charge on any atom is 0.291 e. The van der Waals surface area contributed by atoms with Gasteiger partial charge in [-0.15, -0.1) is 0 Å². The van der Waals surface area contributed by atoms with Gasteiger partial charge in [-0.2, -0.15) is 0 Å². The van der Waals surface area contributed by atoms with E-state index in [1.54, 1.807) is 36.2 Å². The fourth-order valence-electron chi connectivity index (χ4n) is 5.91. The van der Waals surface area contributed by atoms with Gasteiger partial charge in [-0.25, -0.2) is 0 Å². The largest absolute Gasteiger partial charge is 0.444 e. The molecule has 6 rings (SSSR count). The lowest BCUT2D eigenvalue weighted by Crippen LogP contribution is -2.47. The highest BCUT2D eigenvalue weighted by Crippen LogP contribution is 2.39. The third-order valence-corrected chi connectivity index (χ3v) is 8.14. The zero-order valence-electron chi connectivity index (χ0n) is 22.0. The van der Waals surface area contributed by atoms with E-state index in [0.29, 0.717) is 41.5 Å². The molecule has 9 heteroatoms. The zero-order chi connectivity index (χ0) is 27.8. The first-order valence-corrected chi connectivity index (χ1v) is 14.1. The van der Waals surface area contributed by atoms with Crippen LogP contribution in [0, 0.1) is 5.92 Å². The maximum absolute atomic E-state index is 13.4. The molecule has 2 amide bonds. The van der Waals surface area contributed by atoms with Gasteiger partial charge in [0.15, 0.2) is 10.4 Å². The zero-order valence-corrected chi connectivity index (χ0v) is 23.6. The van der Waals surface area contributed by atoms with Crippen LogP contribution in [-0.2, 0) is 13.1 Å². The number of carbonyl (C=O) groups excluding carboxylic acids is 2. The summed E-state index contributed by atoms with van der Waals surface area (Å²) in [6, 6.07) is 24.0. The molecule has 4 heterocycles. The molecule has 0 saturated carbocycles. The number of hydrogen-bond acceptors (Lipinski definition) is 5. The molecule has 0 aliphatic carbocycles. The first kappa shape index (κ1) is 26.1. The Kier molecular flexibility index (Phi) is 7.06. The number of halogens is 1. The topological polar surface area (TPSA) is 87.8 Å². The second-order valence-electron chi connectivity index (χ2n) is 10.5. The van der Waals surface area contributed by atoms with Crippen LogP contribution in [0.4, 0.5) is 11.4 Å². The number of nitrogens with zero attached hydrogens (tertiary/aromatic N) is 3. The van der Waals surface area contributed by atoms with Gasteiger partial charge < -0.3 is 24.1 Å². The predicted octanol–water partition coefficient (Wildman–Crippen LogP) is 5.35. The lowest BCUT2D eigenvalue weighted by molar-refractivity contribution is 0.0784. The summed E-state index contributed by atoms with van der Waals surface area (Å²) >= 11 is 3.25. The summed E-state index contributed by atoms with van der Waals surface area (Å²) in [6.07, 6.45) is 1.02. The number of amides is 2. The summed E-state index contributed by atoms with van der Waals surface area (Å²) in [5, 5.41) is 2.99. The molecule has 0 unspecified atom stereocenters. The Bertz CT molecular complexity index is 1630. The summed E-state index contributed by atoms with van der Waals surface area (Å²) in [4.78, 5) is 43.0. The molecule has 2 atom stereocenters. The third kappa shape index (κ3) is 5.21. The molecule has 4 aromatic rings. The van der Waals surface area contributed by atoms with E-state index in [9.17, 15) is 14.4 Å². The van der Waals surface area contributed by atoms with Gasteiger partial charge in [0.2, 0.25) is 0 Å². The van der Waals surface area contributed by atoms with Crippen LogP contribution in [0.5, 0.6) is 0 Å². The van der Waals surface area contributed by atoms with Gasteiger partial charge in [-0.1, -0.05) is 36.4 Å². The molecule has 204 valence electrons. The van der Waals surface area contributed by atoms with Crippen molar-refractivity contribution >= 4 is 39.1 Å². The lowest BCUT2D eigenvalue weighted by Gasteiger charge is -2.44. The Labute approximate surface area is 240 Å². The van der Waals surface area contributed by atoms with Crippen LogP contribution in [-0.4, -0.2) is 41.4 Å². The van der Waals surface area contributed by atoms with E-state index in [2.05, 4.69) is 26.1 Å². The van der Waals surface area contributed by atoms with E-state index in [-0.39, 0.29) is 23.1 Å². The first-order valence-electron chi connectivity index (χ1n) is 13.3. The molecule has 8 nitrogen and oxygen atoms in total. The molecule has 2 aliphatic heterocycles. The van der Waals surface area contributed by atoms with Crippen LogP contribution >= 0.6 is 15.9 Å². The highest BCUT2D eigenvalue weighted by atomic mass is 79.9. The molecular weight excluding hydrogens is 572 g/mol. The summed E-state index contributed by atoms with van der Waals surface area (Å²) in [5.74, 6) is 0.122. The number of anilines is 2. The van der Waals surface area contributed by atoms with Crippen LogP contribution in [0.25, 0.3) is 0 Å². The lowest BCUT2D eigenvalue weighted by atomic mass is 9.83. The van der Waals surface area contributed by atoms with Gasteiger partial charge in [-0.3, -0.25) is 14.4 Å². The summed E-state index contributed by atoms with van der Waals surface area (Å²) in [7, 11) is 1.77. The average molecular weight is 602 g/mol. The van der Waals surface area contributed by atoms with E-state index >= 15 is 0 Å².